The minimum absolute atomic E-state index is 0.275. The highest BCUT2D eigenvalue weighted by Gasteiger charge is 2.42. The van der Waals surface area contributed by atoms with E-state index in [0.29, 0.717) is 27.2 Å². The van der Waals surface area contributed by atoms with Gasteiger partial charge in [-0.05, 0) is 31.2 Å². The van der Waals surface area contributed by atoms with Gasteiger partial charge < -0.3 is 10.5 Å². The van der Waals surface area contributed by atoms with Gasteiger partial charge in [0.25, 0.3) is 0 Å². The second kappa shape index (κ2) is 6.42. The molecule has 2 aliphatic rings. The number of ether oxygens (including phenoxy) is 1. The van der Waals surface area contributed by atoms with Crippen molar-refractivity contribution in [2.75, 3.05) is 6.61 Å². The average molecular weight is 340 g/mol. The number of nitrogens with two attached hydrogens (primary N) is 1. The van der Waals surface area contributed by atoms with E-state index in [1.165, 1.54) is 11.8 Å². The molecule has 7 heteroatoms. The Labute approximate surface area is 144 Å². The number of hydrogen-bond donors (Lipinski definition) is 1. The Morgan fingerprint density at radius 3 is 2.79 bits per heavy atom. The van der Waals surface area contributed by atoms with E-state index in [-0.39, 0.29) is 6.61 Å². The van der Waals surface area contributed by atoms with Crippen LogP contribution in [0.25, 0.3) is 0 Å². The molecule has 0 amide bonds. The maximum absolute atomic E-state index is 12.5. The first-order valence-corrected chi connectivity index (χ1v) is 8.28. The molecule has 0 saturated heterocycles. The predicted molar refractivity (Wildman–Crippen MR) is 92.2 cm³/mol. The zero-order chi connectivity index (χ0) is 17.3. The van der Waals surface area contributed by atoms with Crippen LogP contribution in [-0.4, -0.2) is 22.6 Å². The van der Waals surface area contributed by atoms with E-state index in [4.69, 9.17) is 10.5 Å². The van der Waals surface area contributed by atoms with Crippen molar-refractivity contribution < 1.29 is 9.53 Å². The Balaban J connectivity index is 2.17. The standard InChI is InChI=1S/C17H16N4O2S/c1-3-23-16(22)13-10(2)20-17-21(15(19)12(9-18)24-17)14(13)11-7-5-4-6-8-11/h4-8,14H,3,19H2,1-2H3. The van der Waals surface area contributed by atoms with E-state index in [1.54, 1.807) is 18.7 Å². The maximum atomic E-state index is 12.5. The lowest BCUT2D eigenvalue weighted by Gasteiger charge is -2.34. The van der Waals surface area contributed by atoms with Gasteiger partial charge in [-0.3, -0.25) is 4.90 Å². The van der Waals surface area contributed by atoms with Crippen LogP contribution in [0.2, 0.25) is 0 Å². The van der Waals surface area contributed by atoms with Gasteiger partial charge in [0.15, 0.2) is 5.17 Å². The highest BCUT2D eigenvalue weighted by molar-refractivity contribution is 8.17. The number of hydrogen-bond acceptors (Lipinski definition) is 7. The first kappa shape index (κ1) is 16.1. The molecule has 3 rings (SSSR count). The molecule has 0 radical (unpaired) electrons. The monoisotopic (exact) mass is 340 g/mol. The molecule has 2 N–H and O–H groups in total. The number of esters is 1. The van der Waals surface area contributed by atoms with Crippen molar-refractivity contribution in [3.05, 3.63) is 57.9 Å². The van der Waals surface area contributed by atoms with Crippen LogP contribution in [0.4, 0.5) is 0 Å². The Kier molecular flexibility index (Phi) is 4.32. The van der Waals surface area contributed by atoms with Crippen molar-refractivity contribution in [1.29, 1.82) is 5.26 Å². The fourth-order valence-corrected chi connectivity index (χ4v) is 3.68. The number of allylic oxidation sites excluding steroid dienone is 2. The van der Waals surface area contributed by atoms with Crippen LogP contribution in [-0.2, 0) is 9.53 Å². The topological polar surface area (TPSA) is 91.7 Å². The minimum atomic E-state index is -0.462. The number of benzene rings is 1. The molecule has 0 saturated carbocycles. The Morgan fingerprint density at radius 2 is 2.17 bits per heavy atom. The third-order valence-electron chi connectivity index (χ3n) is 3.79. The van der Waals surface area contributed by atoms with Crippen molar-refractivity contribution in [2.45, 2.75) is 19.9 Å². The molecule has 1 unspecified atom stereocenters. The summed E-state index contributed by atoms with van der Waals surface area (Å²) >= 11 is 1.22. The van der Waals surface area contributed by atoms with Gasteiger partial charge in [-0.2, -0.15) is 5.26 Å². The SMILES string of the molecule is CCOC(=O)C1=C(C)N=C2SC(C#N)=C(N)N2C1c1ccccc1. The average Bonchev–Trinajstić information content (AvgIpc) is 2.90. The second-order valence-corrected chi connectivity index (χ2v) is 6.20. The van der Waals surface area contributed by atoms with Gasteiger partial charge in [0.1, 0.15) is 16.8 Å². The second-order valence-electron chi connectivity index (χ2n) is 5.23. The van der Waals surface area contributed by atoms with Gasteiger partial charge in [0.2, 0.25) is 0 Å². The molecule has 1 atom stereocenters. The third kappa shape index (κ3) is 2.55. The van der Waals surface area contributed by atoms with Crippen LogP contribution in [0.3, 0.4) is 0 Å². The lowest BCUT2D eigenvalue weighted by molar-refractivity contribution is -0.139. The zero-order valence-corrected chi connectivity index (χ0v) is 14.1. The molecule has 0 aromatic heterocycles. The van der Waals surface area contributed by atoms with E-state index in [0.717, 1.165) is 5.56 Å². The van der Waals surface area contributed by atoms with E-state index in [9.17, 15) is 10.1 Å². The largest absolute Gasteiger partial charge is 0.463 e. The molecule has 122 valence electrons. The first-order chi connectivity index (χ1) is 11.6. The molecule has 2 aliphatic heterocycles. The van der Waals surface area contributed by atoms with Gasteiger partial charge in [-0.15, -0.1) is 0 Å². The van der Waals surface area contributed by atoms with Crippen LogP contribution < -0.4 is 5.73 Å². The zero-order valence-electron chi connectivity index (χ0n) is 13.3. The van der Waals surface area contributed by atoms with Crippen LogP contribution in [0.5, 0.6) is 0 Å². The smallest absolute Gasteiger partial charge is 0.338 e. The normalized spacial score (nSPS) is 19.8. The summed E-state index contributed by atoms with van der Waals surface area (Å²) < 4.78 is 5.22. The van der Waals surface area contributed by atoms with E-state index in [1.807, 2.05) is 30.3 Å². The van der Waals surface area contributed by atoms with Gasteiger partial charge in [-0.25, -0.2) is 9.79 Å². The van der Waals surface area contributed by atoms with Crippen molar-refractivity contribution in [2.24, 2.45) is 10.7 Å². The van der Waals surface area contributed by atoms with Crippen molar-refractivity contribution in [3.8, 4) is 6.07 Å². The van der Waals surface area contributed by atoms with Crippen molar-refractivity contribution >= 4 is 22.9 Å². The van der Waals surface area contributed by atoms with E-state index < -0.39 is 12.0 Å². The fourth-order valence-electron chi connectivity index (χ4n) is 2.76. The summed E-state index contributed by atoms with van der Waals surface area (Å²) in [5.74, 6) is -0.112. The van der Waals surface area contributed by atoms with E-state index in [2.05, 4.69) is 11.1 Å². The number of fused-ring (bicyclic) bond motifs is 1. The lowest BCUT2D eigenvalue weighted by atomic mass is 9.94. The molecule has 1 aromatic rings. The highest BCUT2D eigenvalue weighted by atomic mass is 32.2. The van der Waals surface area contributed by atoms with Gasteiger partial charge in [0.05, 0.1) is 23.9 Å². The molecule has 0 spiro atoms. The predicted octanol–water partition coefficient (Wildman–Crippen LogP) is 2.63. The summed E-state index contributed by atoms with van der Waals surface area (Å²) in [6.07, 6.45) is 0. The molecule has 0 aliphatic carbocycles. The number of carbonyl (C=O) groups excluding carboxylic acids is 1. The first-order valence-electron chi connectivity index (χ1n) is 7.47. The van der Waals surface area contributed by atoms with Gasteiger partial charge in [0, 0.05) is 0 Å². The van der Waals surface area contributed by atoms with Crippen molar-refractivity contribution in [3.63, 3.8) is 0 Å². The summed E-state index contributed by atoms with van der Waals surface area (Å²) in [5.41, 5.74) is 8.06. The lowest BCUT2D eigenvalue weighted by Crippen LogP contribution is -2.38. The molecule has 1 aromatic carbocycles. The van der Waals surface area contributed by atoms with Crippen molar-refractivity contribution in [1.82, 2.24) is 4.90 Å². The Morgan fingerprint density at radius 1 is 1.46 bits per heavy atom. The molecule has 6 nitrogen and oxygen atoms in total. The summed E-state index contributed by atoms with van der Waals surface area (Å²) in [6, 6.07) is 11.2. The summed E-state index contributed by atoms with van der Waals surface area (Å²) in [4.78, 5) is 19.1. The van der Waals surface area contributed by atoms with Gasteiger partial charge in [-0.1, -0.05) is 30.3 Å². The van der Waals surface area contributed by atoms with Crippen LogP contribution in [0, 0.1) is 11.3 Å². The number of amidine groups is 1. The third-order valence-corrected chi connectivity index (χ3v) is 4.76. The summed E-state index contributed by atoms with van der Waals surface area (Å²) in [5, 5.41) is 9.87. The maximum Gasteiger partial charge on any atom is 0.338 e. The van der Waals surface area contributed by atoms with Crippen LogP contribution in [0.15, 0.2) is 57.3 Å². The minimum Gasteiger partial charge on any atom is -0.463 e. The van der Waals surface area contributed by atoms with Gasteiger partial charge >= 0.3 is 5.97 Å². The van der Waals surface area contributed by atoms with Crippen LogP contribution >= 0.6 is 11.8 Å². The molecule has 2 heterocycles. The fraction of sp³-hybridized carbons (Fsp3) is 0.235. The summed E-state index contributed by atoms with van der Waals surface area (Å²) in [6.45, 7) is 3.81. The number of carbonyl (C=O) groups is 1. The molecule has 0 bridgehead atoms. The highest BCUT2D eigenvalue weighted by Crippen LogP contribution is 2.45. The molecular weight excluding hydrogens is 324 g/mol. The molecule has 0 fully saturated rings. The number of thioether (sulfide) groups is 1. The Hall–Kier alpha value is -2.72. The molecule has 24 heavy (non-hydrogen) atoms. The number of nitrogens with zero attached hydrogens (tertiary/aromatic N) is 3. The Bertz CT molecular complexity index is 821. The summed E-state index contributed by atoms with van der Waals surface area (Å²) in [7, 11) is 0. The number of rotatable bonds is 3. The van der Waals surface area contributed by atoms with Crippen LogP contribution in [0.1, 0.15) is 25.5 Å². The quantitative estimate of drug-likeness (QED) is 0.851. The van der Waals surface area contributed by atoms with E-state index >= 15 is 0 Å². The molecular formula is C17H16N4O2S. The number of nitriles is 1. The number of aliphatic imine (C=N–C) groups is 1.